The van der Waals surface area contributed by atoms with Gasteiger partial charge in [0.2, 0.25) is 0 Å². The van der Waals surface area contributed by atoms with Gasteiger partial charge in [-0.3, -0.25) is 0 Å². The molecule has 0 bridgehead atoms. The van der Waals surface area contributed by atoms with Crippen LogP contribution in [-0.2, 0) is 32.3 Å². The summed E-state index contributed by atoms with van der Waals surface area (Å²) >= 11 is 0. The molecule has 3 heteroatoms. The van der Waals surface area contributed by atoms with Gasteiger partial charge in [-0.15, -0.1) is 0 Å². The molecule has 0 unspecified atom stereocenters. The van der Waals surface area contributed by atoms with Crippen LogP contribution in [0.3, 0.4) is 0 Å². The Kier molecular flexibility index (Phi) is 6.93. The molecule has 1 aliphatic rings. The van der Waals surface area contributed by atoms with E-state index in [0.29, 0.717) is 0 Å². The van der Waals surface area contributed by atoms with Gasteiger partial charge in [-0.25, -0.2) is 0 Å². The second-order valence-corrected chi connectivity index (χ2v) is 17.9. The van der Waals surface area contributed by atoms with Gasteiger partial charge in [0.1, 0.15) is 0 Å². The van der Waals surface area contributed by atoms with Gasteiger partial charge >= 0.3 is 199 Å². The van der Waals surface area contributed by atoms with Crippen LogP contribution in [0.15, 0.2) is 133 Å². The molecule has 5 aromatic carbocycles. The summed E-state index contributed by atoms with van der Waals surface area (Å²) < 4.78 is 0. The first kappa shape index (κ1) is 23.4. The molecule has 0 saturated carbocycles. The van der Waals surface area contributed by atoms with Crippen molar-refractivity contribution in [3.05, 3.63) is 145 Å². The van der Waals surface area contributed by atoms with E-state index in [1.165, 1.54) is 32.6 Å². The van der Waals surface area contributed by atoms with Gasteiger partial charge in [-0.2, -0.15) is 0 Å². The fourth-order valence-corrected chi connectivity index (χ4v) is 17.6. The molecule has 0 atom stereocenters. The first-order valence-electron chi connectivity index (χ1n) is 11.7. The molecule has 5 aromatic rings. The fraction of sp³-hybridized carbons (Fsp3) is 0.0323. The van der Waals surface area contributed by atoms with Crippen LogP contribution in [0.5, 0.6) is 0 Å². The van der Waals surface area contributed by atoms with Crippen LogP contribution in [-0.4, -0.2) is 9.19 Å². The molecule has 34 heavy (non-hydrogen) atoms. The second-order valence-electron chi connectivity index (χ2n) is 8.96. The van der Waals surface area contributed by atoms with E-state index < -0.39 is 16.0 Å². The Labute approximate surface area is 223 Å². The van der Waals surface area contributed by atoms with Crippen LogP contribution in [0.4, 0.5) is 0 Å². The van der Waals surface area contributed by atoms with Gasteiger partial charge in [0.15, 0.2) is 0 Å². The second kappa shape index (κ2) is 10.1. The summed E-state index contributed by atoms with van der Waals surface area (Å²) in [5, 5.41) is 6.22. The third-order valence-electron chi connectivity index (χ3n) is 7.20. The average molecular weight is 504 g/mol. The van der Waals surface area contributed by atoms with E-state index in [-0.39, 0.29) is 25.8 Å². The molecular weight excluding hydrogens is 476 g/mol. The van der Waals surface area contributed by atoms with Crippen LogP contribution in [0.25, 0.3) is 11.1 Å². The molecule has 0 N–H and O–H groups in total. The molecule has 163 valence electrons. The van der Waals surface area contributed by atoms with Crippen molar-refractivity contribution in [2.24, 2.45) is 0 Å². The number of benzene rings is 5. The van der Waals surface area contributed by atoms with Crippen molar-refractivity contribution >= 4 is 37.1 Å². The molecule has 0 nitrogen and oxygen atoms in total. The van der Waals surface area contributed by atoms with Crippen LogP contribution in [0, 0.1) is 0 Å². The summed E-state index contributed by atoms with van der Waals surface area (Å²) in [6, 6.07) is 50.1. The Hall–Kier alpha value is -2.38. The predicted molar refractivity (Wildman–Crippen MR) is 149 cm³/mol. The molecular formula is C31H27PScSi. The Bertz CT molecular complexity index is 1310. The van der Waals surface area contributed by atoms with E-state index in [0.717, 1.165) is 6.42 Å². The minimum absolute atomic E-state index is 0. The quantitative estimate of drug-likeness (QED) is 0.237. The first-order chi connectivity index (χ1) is 16.4. The third kappa shape index (κ3) is 4.03. The minimum atomic E-state index is -2.17. The van der Waals surface area contributed by atoms with E-state index in [2.05, 4.69) is 133 Å². The SMILES string of the molecule is [Sc].c1ccc([PH]([SiH2]c2cccc3c2Cc2ccccc2-3)(c2ccccc2)c2ccccc2)cc1. The molecule has 0 spiro atoms. The molecule has 0 amide bonds. The maximum absolute atomic E-state index is 2.44. The van der Waals surface area contributed by atoms with Crippen molar-refractivity contribution in [1.29, 1.82) is 0 Å². The molecule has 0 aliphatic heterocycles. The maximum atomic E-state index is 2.44. The summed E-state index contributed by atoms with van der Waals surface area (Å²) in [6.45, 7) is -2.17. The number of rotatable bonds is 5. The number of fused-ring (bicyclic) bond motifs is 3. The summed E-state index contributed by atoms with van der Waals surface area (Å²) in [5.41, 5.74) is 5.92. The van der Waals surface area contributed by atoms with Crippen molar-refractivity contribution in [2.75, 3.05) is 0 Å². The molecule has 0 fully saturated rings. The van der Waals surface area contributed by atoms with Crippen molar-refractivity contribution in [3.8, 4) is 11.1 Å². The van der Waals surface area contributed by atoms with Crippen LogP contribution in [0.1, 0.15) is 11.1 Å². The van der Waals surface area contributed by atoms with E-state index in [1.54, 1.807) is 10.8 Å². The normalized spacial score (nSPS) is 12.7. The summed E-state index contributed by atoms with van der Waals surface area (Å²) in [4.78, 5) is 0. The van der Waals surface area contributed by atoms with Crippen molar-refractivity contribution in [1.82, 2.24) is 0 Å². The molecule has 0 saturated heterocycles. The number of hydrogen-bond acceptors (Lipinski definition) is 0. The van der Waals surface area contributed by atoms with Gasteiger partial charge in [0, 0.05) is 25.8 Å². The van der Waals surface area contributed by atoms with Crippen LogP contribution < -0.4 is 21.1 Å². The van der Waals surface area contributed by atoms with Gasteiger partial charge in [-0.05, 0) is 0 Å². The third-order valence-corrected chi connectivity index (χ3v) is 19.1. The van der Waals surface area contributed by atoms with Crippen molar-refractivity contribution in [2.45, 2.75) is 6.42 Å². The van der Waals surface area contributed by atoms with Gasteiger partial charge < -0.3 is 0 Å². The molecule has 0 aromatic heterocycles. The Morgan fingerprint density at radius 2 is 0.941 bits per heavy atom. The van der Waals surface area contributed by atoms with Gasteiger partial charge in [0.05, 0.1) is 0 Å². The summed E-state index contributed by atoms with van der Waals surface area (Å²) in [6.07, 6.45) is 1.07. The molecule has 0 heterocycles. The van der Waals surface area contributed by atoms with Crippen molar-refractivity contribution in [3.63, 3.8) is 0 Å². The Balaban J connectivity index is 0.00000241. The Morgan fingerprint density at radius 1 is 0.471 bits per heavy atom. The average Bonchev–Trinajstić information content (AvgIpc) is 3.28. The fourth-order valence-electron chi connectivity index (χ4n) is 5.65. The Morgan fingerprint density at radius 3 is 1.50 bits per heavy atom. The van der Waals surface area contributed by atoms with E-state index in [4.69, 9.17) is 0 Å². The van der Waals surface area contributed by atoms with E-state index in [1.807, 2.05) is 0 Å². The van der Waals surface area contributed by atoms with Crippen LogP contribution >= 0.6 is 6.81 Å². The van der Waals surface area contributed by atoms with Crippen LogP contribution in [0.2, 0.25) is 0 Å². The monoisotopic (exact) mass is 503 g/mol. The first-order valence-corrected chi connectivity index (χ1v) is 16.8. The zero-order valence-electron chi connectivity index (χ0n) is 19.2. The van der Waals surface area contributed by atoms with Gasteiger partial charge in [-0.1, -0.05) is 0 Å². The zero-order chi connectivity index (χ0) is 22.1. The zero-order valence-corrected chi connectivity index (χ0v) is 23.4. The molecule has 1 aliphatic carbocycles. The molecule has 1 radical (unpaired) electrons. The van der Waals surface area contributed by atoms with Crippen molar-refractivity contribution < 1.29 is 25.8 Å². The summed E-state index contributed by atoms with van der Waals surface area (Å²) in [7, 11) is -0.697. The topological polar surface area (TPSA) is 0 Å². The molecule has 6 rings (SSSR count). The number of hydrogen-bond donors (Lipinski definition) is 0. The predicted octanol–water partition coefficient (Wildman–Crippen LogP) is 4.69. The van der Waals surface area contributed by atoms with Gasteiger partial charge in [0.25, 0.3) is 0 Å². The van der Waals surface area contributed by atoms with E-state index >= 15 is 0 Å². The van der Waals surface area contributed by atoms with E-state index in [9.17, 15) is 0 Å². The standard InChI is InChI=1S/C31H27PSi.Sc/c1-4-14-25(15-5-1)32(26-16-6-2-7-17-26,27-18-8-3-9-19-27)33-31-22-12-21-29-28-20-11-10-13-24(28)23-30(29)31;/h1-22,32H,23,33H2;. The summed E-state index contributed by atoms with van der Waals surface area (Å²) in [5.74, 6) is 0.